The van der Waals surface area contributed by atoms with Crippen LogP contribution in [0.3, 0.4) is 0 Å². The zero-order chi connectivity index (χ0) is 14.0. The Morgan fingerprint density at radius 3 is 2.89 bits per heavy atom. The molecule has 1 heterocycles. The summed E-state index contributed by atoms with van der Waals surface area (Å²) in [5.74, 6) is -0.414. The van der Waals surface area contributed by atoms with Crippen molar-refractivity contribution in [2.75, 3.05) is 37.0 Å². The average Bonchev–Trinajstić information content (AvgIpc) is 2.66. The van der Waals surface area contributed by atoms with Crippen LogP contribution < -0.4 is 10.2 Å². The number of anilines is 2. The second-order valence-electron chi connectivity index (χ2n) is 4.36. The van der Waals surface area contributed by atoms with Crippen LogP contribution >= 0.6 is 11.6 Å². The number of amides is 1. The number of aliphatic hydroxyl groups is 1. The maximum Gasteiger partial charge on any atom is 0.257 e. The van der Waals surface area contributed by atoms with Crippen LogP contribution in [0.25, 0.3) is 0 Å². The molecule has 19 heavy (non-hydrogen) atoms. The number of halogens is 1. The van der Waals surface area contributed by atoms with Crippen LogP contribution in [0.15, 0.2) is 12.1 Å². The smallest absolute Gasteiger partial charge is 0.257 e. The molecular formula is C13H17ClN2O3. The van der Waals surface area contributed by atoms with Gasteiger partial charge in [-0.05, 0) is 19.1 Å². The van der Waals surface area contributed by atoms with Crippen molar-refractivity contribution in [3.05, 3.63) is 22.7 Å². The minimum atomic E-state index is -1.13. The predicted molar refractivity (Wildman–Crippen MR) is 74.8 cm³/mol. The number of benzene rings is 1. The second kappa shape index (κ2) is 5.77. The van der Waals surface area contributed by atoms with Crippen LogP contribution in [0.4, 0.5) is 11.4 Å². The molecule has 1 aromatic rings. The standard InChI is InChI=1S/C13H17ClN2O3/c1-3-16(4-5-19-2)11-7-10-8(6-9(11)14)12(17)13(18)15-10/h6-7,12,17H,3-5H2,1-2H3,(H,15,18). The Balaban J connectivity index is 2.32. The molecule has 1 unspecified atom stereocenters. The number of likely N-dealkylation sites (N-methyl/N-ethyl adjacent to an activating group) is 1. The number of fused-ring (bicyclic) bond motifs is 1. The normalized spacial score (nSPS) is 17.3. The van der Waals surface area contributed by atoms with E-state index in [0.717, 1.165) is 12.2 Å². The molecule has 0 radical (unpaired) electrons. The fraction of sp³-hybridized carbons (Fsp3) is 0.462. The van der Waals surface area contributed by atoms with Gasteiger partial charge < -0.3 is 20.1 Å². The fourth-order valence-electron chi connectivity index (χ4n) is 2.15. The summed E-state index contributed by atoms with van der Waals surface area (Å²) in [7, 11) is 1.65. The second-order valence-corrected chi connectivity index (χ2v) is 4.76. The third-order valence-corrected chi connectivity index (χ3v) is 3.51. The number of rotatable bonds is 5. The van der Waals surface area contributed by atoms with Crippen LogP contribution in [0.2, 0.25) is 5.02 Å². The van der Waals surface area contributed by atoms with Gasteiger partial charge in [0.2, 0.25) is 0 Å². The fourth-order valence-corrected chi connectivity index (χ4v) is 2.44. The van der Waals surface area contributed by atoms with E-state index < -0.39 is 12.0 Å². The first kappa shape index (κ1) is 14.1. The van der Waals surface area contributed by atoms with E-state index in [1.165, 1.54) is 0 Å². The van der Waals surface area contributed by atoms with E-state index in [1.807, 2.05) is 6.92 Å². The van der Waals surface area contributed by atoms with E-state index in [-0.39, 0.29) is 0 Å². The van der Waals surface area contributed by atoms with Crippen molar-refractivity contribution in [3.8, 4) is 0 Å². The van der Waals surface area contributed by atoms with E-state index in [4.69, 9.17) is 16.3 Å². The Kier molecular flexibility index (Phi) is 4.29. The number of ether oxygens (including phenoxy) is 1. The van der Waals surface area contributed by atoms with Gasteiger partial charge in [-0.15, -0.1) is 0 Å². The van der Waals surface area contributed by atoms with Crippen molar-refractivity contribution >= 4 is 28.9 Å². The van der Waals surface area contributed by atoms with Crippen molar-refractivity contribution in [1.29, 1.82) is 0 Å². The van der Waals surface area contributed by atoms with E-state index in [2.05, 4.69) is 10.2 Å². The van der Waals surface area contributed by atoms with Crippen LogP contribution in [0, 0.1) is 0 Å². The molecule has 1 aliphatic rings. The zero-order valence-corrected chi connectivity index (χ0v) is 11.7. The molecule has 0 spiro atoms. The van der Waals surface area contributed by atoms with Crippen molar-refractivity contribution in [3.63, 3.8) is 0 Å². The molecule has 2 rings (SSSR count). The third-order valence-electron chi connectivity index (χ3n) is 3.21. The molecule has 1 aromatic carbocycles. The molecule has 0 saturated carbocycles. The van der Waals surface area contributed by atoms with Gasteiger partial charge in [0.1, 0.15) is 0 Å². The predicted octanol–water partition coefficient (Wildman–Crippen LogP) is 1.80. The van der Waals surface area contributed by atoms with Crippen LogP contribution in [0.5, 0.6) is 0 Å². The third kappa shape index (κ3) is 2.68. The van der Waals surface area contributed by atoms with Crippen LogP contribution in [-0.2, 0) is 9.53 Å². The summed E-state index contributed by atoms with van der Waals surface area (Å²) in [5.41, 5.74) is 1.98. The molecule has 1 aliphatic heterocycles. The first-order valence-corrected chi connectivity index (χ1v) is 6.52. The lowest BCUT2D eigenvalue weighted by molar-refractivity contribution is -0.123. The van der Waals surface area contributed by atoms with Crippen LogP contribution in [-0.4, -0.2) is 37.8 Å². The van der Waals surface area contributed by atoms with Gasteiger partial charge in [-0.1, -0.05) is 11.6 Å². The molecule has 2 N–H and O–H groups in total. The zero-order valence-electron chi connectivity index (χ0n) is 10.9. The van der Waals surface area contributed by atoms with Gasteiger partial charge in [0.25, 0.3) is 5.91 Å². The number of methoxy groups -OCH3 is 1. The first-order valence-electron chi connectivity index (χ1n) is 6.14. The summed E-state index contributed by atoms with van der Waals surface area (Å²) in [6.45, 7) is 4.10. The highest BCUT2D eigenvalue weighted by molar-refractivity contribution is 6.33. The number of hydrogen-bond donors (Lipinski definition) is 2. The quantitative estimate of drug-likeness (QED) is 0.865. The molecule has 0 aromatic heterocycles. The van der Waals surface area contributed by atoms with Crippen LogP contribution in [0.1, 0.15) is 18.6 Å². The summed E-state index contributed by atoms with van der Waals surface area (Å²) < 4.78 is 5.07. The van der Waals surface area contributed by atoms with Gasteiger partial charge in [0, 0.05) is 31.5 Å². The lowest BCUT2D eigenvalue weighted by Gasteiger charge is -2.24. The molecule has 0 saturated heterocycles. The van der Waals surface area contributed by atoms with Crippen molar-refractivity contribution in [2.45, 2.75) is 13.0 Å². The number of nitrogens with zero attached hydrogens (tertiary/aromatic N) is 1. The molecule has 6 heteroatoms. The van der Waals surface area contributed by atoms with Gasteiger partial charge in [-0.3, -0.25) is 4.79 Å². The molecule has 1 atom stereocenters. The lowest BCUT2D eigenvalue weighted by atomic mass is 10.1. The Bertz CT molecular complexity index is 493. The topological polar surface area (TPSA) is 61.8 Å². The molecule has 1 amide bonds. The Labute approximate surface area is 117 Å². The van der Waals surface area contributed by atoms with E-state index in [0.29, 0.717) is 29.4 Å². The van der Waals surface area contributed by atoms with Crippen molar-refractivity contribution < 1.29 is 14.6 Å². The minimum absolute atomic E-state index is 0.414. The monoisotopic (exact) mass is 284 g/mol. The van der Waals surface area contributed by atoms with Gasteiger partial charge in [-0.2, -0.15) is 0 Å². The maximum atomic E-state index is 11.4. The highest BCUT2D eigenvalue weighted by Crippen LogP contribution is 2.38. The average molecular weight is 285 g/mol. The van der Waals surface area contributed by atoms with E-state index in [1.54, 1.807) is 19.2 Å². The number of carbonyl (C=O) groups is 1. The Morgan fingerprint density at radius 1 is 1.53 bits per heavy atom. The minimum Gasteiger partial charge on any atom is -0.383 e. The molecule has 0 aliphatic carbocycles. The molecular weight excluding hydrogens is 268 g/mol. The van der Waals surface area contributed by atoms with Crippen molar-refractivity contribution in [2.24, 2.45) is 0 Å². The summed E-state index contributed by atoms with van der Waals surface area (Å²) in [6.07, 6.45) is -1.13. The summed E-state index contributed by atoms with van der Waals surface area (Å²) in [5, 5.41) is 12.9. The number of aliphatic hydroxyl groups excluding tert-OH is 1. The summed E-state index contributed by atoms with van der Waals surface area (Å²) in [4.78, 5) is 13.5. The van der Waals surface area contributed by atoms with Gasteiger partial charge in [0.05, 0.1) is 17.3 Å². The molecule has 104 valence electrons. The summed E-state index contributed by atoms with van der Waals surface area (Å²) in [6, 6.07) is 3.44. The van der Waals surface area contributed by atoms with Crippen molar-refractivity contribution in [1.82, 2.24) is 0 Å². The Hall–Kier alpha value is -1.30. The van der Waals surface area contributed by atoms with Gasteiger partial charge in [0.15, 0.2) is 6.10 Å². The molecule has 0 bridgehead atoms. The lowest BCUT2D eigenvalue weighted by Crippen LogP contribution is -2.27. The first-order chi connectivity index (χ1) is 9.08. The molecule has 0 fully saturated rings. The maximum absolute atomic E-state index is 11.4. The van der Waals surface area contributed by atoms with Gasteiger partial charge >= 0.3 is 0 Å². The Morgan fingerprint density at radius 2 is 2.26 bits per heavy atom. The highest BCUT2D eigenvalue weighted by atomic mass is 35.5. The number of nitrogens with one attached hydrogen (secondary N) is 1. The molecule has 5 nitrogen and oxygen atoms in total. The summed E-state index contributed by atoms with van der Waals surface area (Å²) >= 11 is 6.24. The largest absolute Gasteiger partial charge is 0.383 e. The number of carbonyl (C=O) groups excluding carboxylic acids is 1. The SMILES string of the molecule is CCN(CCOC)c1cc2c(cc1Cl)C(O)C(=O)N2. The van der Waals surface area contributed by atoms with E-state index in [9.17, 15) is 9.90 Å². The van der Waals surface area contributed by atoms with Gasteiger partial charge in [-0.25, -0.2) is 0 Å². The van der Waals surface area contributed by atoms with E-state index >= 15 is 0 Å². The highest BCUT2D eigenvalue weighted by Gasteiger charge is 2.30. The number of hydrogen-bond acceptors (Lipinski definition) is 4.